The highest BCUT2D eigenvalue weighted by Gasteiger charge is 2.30. The number of aryl methyl sites for hydroxylation is 1. The molecule has 0 saturated heterocycles. The number of hydrogen-bond donors (Lipinski definition) is 1. The number of anilines is 2. The Morgan fingerprint density at radius 3 is 2.38 bits per heavy atom. The molecule has 170 valence electrons. The van der Waals surface area contributed by atoms with Gasteiger partial charge in [-0.25, -0.2) is 4.98 Å². The maximum Gasteiger partial charge on any atom is 0.416 e. The molecule has 3 heterocycles. The number of nitrogens with zero attached hydrogens (tertiary/aromatic N) is 3. The molecule has 5 rings (SSSR count). The number of nitrogens with one attached hydrogen (secondary N) is 1. The topological polar surface area (TPSA) is 42.7 Å². The Hall–Kier alpha value is -4.13. The number of alkyl halides is 3. The molecule has 0 saturated carbocycles. The second-order valence-corrected chi connectivity index (χ2v) is 8.15. The molecular weight excluding hydrogens is 437 g/mol. The molecule has 5 aromatic rings. The molecule has 2 aromatic carbocycles. The van der Waals surface area contributed by atoms with Crippen LogP contribution >= 0.6 is 0 Å². The second-order valence-electron chi connectivity index (χ2n) is 8.15. The van der Waals surface area contributed by atoms with Crippen LogP contribution in [0.2, 0.25) is 0 Å². The molecule has 34 heavy (non-hydrogen) atoms. The third-order valence-corrected chi connectivity index (χ3v) is 5.70. The predicted molar refractivity (Wildman–Crippen MR) is 128 cm³/mol. The summed E-state index contributed by atoms with van der Waals surface area (Å²) in [4.78, 5) is 8.93. The van der Waals surface area contributed by atoms with Crippen molar-refractivity contribution < 1.29 is 13.2 Å². The van der Waals surface area contributed by atoms with E-state index >= 15 is 0 Å². The summed E-state index contributed by atoms with van der Waals surface area (Å²) in [6.07, 6.45) is 1.75. The Bertz CT molecular complexity index is 1460. The molecule has 0 aliphatic rings. The highest BCUT2D eigenvalue weighted by molar-refractivity contribution is 5.84. The van der Waals surface area contributed by atoms with Gasteiger partial charge in [0.2, 0.25) is 0 Å². The van der Waals surface area contributed by atoms with Crippen molar-refractivity contribution in [2.45, 2.75) is 12.6 Å². The van der Waals surface area contributed by atoms with Gasteiger partial charge in [0, 0.05) is 48.0 Å². The molecule has 0 spiro atoms. The SMILES string of the molecule is Cn1ccc2c(Cc3cccc(Nc4cccc(C(F)(F)F)c4)c3)cc(-c3ccncc3)nc21. The highest BCUT2D eigenvalue weighted by atomic mass is 19.4. The van der Waals surface area contributed by atoms with Crippen LogP contribution in [0.4, 0.5) is 24.5 Å². The van der Waals surface area contributed by atoms with Crippen LogP contribution in [0.5, 0.6) is 0 Å². The lowest BCUT2D eigenvalue weighted by Gasteiger charge is -2.12. The Morgan fingerprint density at radius 1 is 0.882 bits per heavy atom. The van der Waals surface area contributed by atoms with Gasteiger partial charge < -0.3 is 9.88 Å². The fourth-order valence-electron chi connectivity index (χ4n) is 4.04. The van der Waals surface area contributed by atoms with E-state index in [9.17, 15) is 13.2 Å². The van der Waals surface area contributed by atoms with E-state index in [1.54, 1.807) is 18.5 Å². The lowest BCUT2D eigenvalue weighted by molar-refractivity contribution is -0.137. The van der Waals surface area contributed by atoms with E-state index in [0.717, 1.165) is 51.2 Å². The summed E-state index contributed by atoms with van der Waals surface area (Å²) < 4.78 is 41.2. The Kier molecular flexibility index (Phi) is 5.53. The van der Waals surface area contributed by atoms with Crippen LogP contribution in [0.25, 0.3) is 22.3 Å². The number of rotatable bonds is 5. The summed E-state index contributed by atoms with van der Waals surface area (Å²) in [5, 5.41) is 4.16. The van der Waals surface area contributed by atoms with Crippen LogP contribution in [-0.2, 0) is 19.6 Å². The monoisotopic (exact) mass is 458 g/mol. The average Bonchev–Trinajstić information content (AvgIpc) is 3.20. The van der Waals surface area contributed by atoms with Crippen molar-refractivity contribution in [2.75, 3.05) is 5.32 Å². The van der Waals surface area contributed by atoms with Gasteiger partial charge in [-0.15, -0.1) is 0 Å². The van der Waals surface area contributed by atoms with E-state index < -0.39 is 11.7 Å². The maximum absolute atomic E-state index is 13.1. The molecule has 0 radical (unpaired) electrons. The van der Waals surface area contributed by atoms with Gasteiger partial charge >= 0.3 is 6.18 Å². The van der Waals surface area contributed by atoms with Crippen molar-refractivity contribution in [3.63, 3.8) is 0 Å². The zero-order chi connectivity index (χ0) is 23.7. The number of benzene rings is 2. The van der Waals surface area contributed by atoms with E-state index in [4.69, 9.17) is 4.98 Å². The molecule has 7 heteroatoms. The van der Waals surface area contributed by atoms with Gasteiger partial charge in [-0.1, -0.05) is 18.2 Å². The molecule has 0 aliphatic heterocycles. The minimum absolute atomic E-state index is 0.390. The van der Waals surface area contributed by atoms with Crippen molar-refractivity contribution in [2.24, 2.45) is 7.05 Å². The average molecular weight is 458 g/mol. The van der Waals surface area contributed by atoms with Crippen molar-refractivity contribution in [1.82, 2.24) is 14.5 Å². The summed E-state index contributed by atoms with van der Waals surface area (Å²) >= 11 is 0. The number of hydrogen-bond acceptors (Lipinski definition) is 3. The molecular formula is C27H21F3N4. The fourth-order valence-corrected chi connectivity index (χ4v) is 4.04. The lowest BCUT2D eigenvalue weighted by atomic mass is 10.0. The molecule has 3 aromatic heterocycles. The molecule has 0 bridgehead atoms. The Morgan fingerprint density at radius 2 is 1.62 bits per heavy atom. The van der Waals surface area contributed by atoms with E-state index in [-0.39, 0.29) is 0 Å². The van der Waals surface area contributed by atoms with Gasteiger partial charge in [-0.3, -0.25) is 4.98 Å². The van der Waals surface area contributed by atoms with Gasteiger partial charge in [0.1, 0.15) is 5.65 Å². The van der Waals surface area contributed by atoms with Gasteiger partial charge in [-0.05, 0) is 72.1 Å². The van der Waals surface area contributed by atoms with Gasteiger partial charge in [0.15, 0.2) is 0 Å². The van der Waals surface area contributed by atoms with Gasteiger partial charge in [-0.2, -0.15) is 13.2 Å². The normalized spacial score (nSPS) is 11.6. The summed E-state index contributed by atoms with van der Waals surface area (Å²) in [6.45, 7) is 0. The summed E-state index contributed by atoms with van der Waals surface area (Å²) in [5.74, 6) is 0. The van der Waals surface area contributed by atoms with E-state index in [2.05, 4.69) is 22.4 Å². The first-order chi connectivity index (χ1) is 16.4. The van der Waals surface area contributed by atoms with Crippen LogP contribution < -0.4 is 5.32 Å². The van der Waals surface area contributed by atoms with Crippen molar-refractivity contribution in [3.8, 4) is 11.3 Å². The third kappa shape index (κ3) is 4.50. The molecule has 1 N–H and O–H groups in total. The predicted octanol–water partition coefficient (Wildman–Crippen LogP) is 6.99. The highest BCUT2D eigenvalue weighted by Crippen LogP contribution is 2.32. The standard InChI is InChI=1S/C27H21F3N4/c1-34-13-10-24-20(16-25(33-26(24)34)19-8-11-31-12-9-19)14-18-4-2-6-22(15-18)32-23-7-3-5-21(17-23)27(28,29)30/h2-13,15-17,32H,14H2,1H3. The largest absolute Gasteiger partial charge is 0.416 e. The smallest absolute Gasteiger partial charge is 0.356 e. The van der Waals surface area contributed by atoms with E-state index in [1.807, 2.05) is 54.2 Å². The third-order valence-electron chi connectivity index (χ3n) is 5.70. The molecule has 0 aliphatic carbocycles. The number of aromatic nitrogens is 3. The number of pyridine rings is 2. The molecule has 0 atom stereocenters. The Balaban J connectivity index is 1.47. The summed E-state index contributed by atoms with van der Waals surface area (Å²) in [5.41, 5.74) is 5.33. The fraction of sp³-hybridized carbons (Fsp3) is 0.111. The molecule has 0 fully saturated rings. The van der Waals surface area contributed by atoms with Crippen molar-refractivity contribution >= 4 is 22.4 Å². The van der Waals surface area contributed by atoms with Gasteiger partial charge in [0.25, 0.3) is 0 Å². The van der Waals surface area contributed by atoms with Crippen LogP contribution in [-0.4, -0.2) is 14.5 Å². The molecule has 0 amide bonds. The zero-order valence-corrected chi connectivity index (χ0v) is 18.3. The minimum Gasteiger partial charge on any atom is -0.356 e. The first-order valence-corrected chi connectivity index (χ1v) is 10.8. The van der Waals surface area contributed by atoms with E-state index in [1.165, 1.54) is 6.07 Å². The van der Waals surface area contributed by atoms with Crippen molar-refractivity contribution in [1.29, 1.82) is 0 Å². The van der Waals surface area contributed by atoms with Crippen molar-refractivity contribution in [3.05, 3.63) is 108 Å². The van der Waals surface area contributed by atoms with E-state index in [0.29, 0.717) is 12.1 Å². The van der Waals surface area contributed by atoms with Crippen LogP contribution in [0.15, 0.2) is 91.4 Å². The maximum atomic E-state index is 13.1. The summed E-state index contributed by atoms with van der Waals surface area (Å²) in [7, 11) is 1.97. The first-order valence-electron chi connectivity index (χ1n) is 10.8. The zero-order valence-electron chi connectivity index (χ0n) is 18.3. The van der Waals surface area contributed by atoms with Crippen LogP contribution in [0.1, 0.15) is 16.7 Å². The van der Waals surface area contributed by atoms with Gasteiger partial charge in [0.05, 0.1) is 11.3 Å². The molecule has 4 nitrogen and oxygen atoms in total. The lowest BCUT2D eigenvalue weighted by Crippen LogP contribution is -2.05. The molecule has 0 unspecified atom stereocenters. The first kappa shape index (κ1) is 21.7. The van der Waals surface area contributed by atoms with Crippen LogP contribution in [0.3, 0.4) is 0 Å². The quantitative estimate of drug-likeness (QED) is 0.309. The van der Waals surface area contributed by atoms with Crippen LogP contribution in [0, 0.1) is 0 Å². The minimum atomic E-state index is -4.38. The number of halogens is 3. The second kappa shape index (κ2) is 8.67. The number of fused-ring (bicyclic) bond motifs is 1. The Labute approximate surface area is 194 Å². The summed E-state index contributed by atoms with van der Waals surface area (Å²) in [6, 6.07) is 20.9.